The molecule has 0 radical (unpaired) electrons. The maximum Gasteiger partial charge on any atom is 0.407 e. The van der Waals surface area contributed by atoms with E-state index < -0.39 is 38.3 Å². The van der Waals surface area contributed by atoms with Crippen molar-refractivity contribution in [2.45, 2.75) is 97.7 Å². The summed E-state index contributed by atoms with van der Waals surface area (Å²) in [5.74, 6) is -0.569. The Balaban J connectivity index is 1.95. The molecule has 7 nitrogen and oxygen atoms in total. The first kappa shape index (κ1) is 35.9. The normalized spacial score (nSPS) is 14.7. The van der Waals surface area contributed by atoms with Gasteiger partial charge in [-0.15, -0.1) is 0 Å². The van der Waals surface area contributed by atoms with Crippen LogP contribution in [-0.2, 0) is 33.4 Å². The first-order chi connectivity index (χ1) is 21.1. The summed E-state index contributed by atoms with van der Waals surface area (Å²) in [6.45, 7) is 16.2. The van der Waals surface area contributed by atoms with Gasteiger partial charge < -0.3 is 24.3 Å². The van der Waals surface area contributed by atoms with E-state index in [1.807, 2.05) is 119 Å². The summed E-state index contributed by atoms with van der Waals surface area (Å²) in [6, 6.07) is 27.0. The summed E-state index contributed by atoms with van der Waals surface area (Å²) >= 11 is 0. The quantitative estimate of drug-likeness (QED) is 0.176. The molecule has 3 atom stereocenters. The van der Waals surface area contributed by atoms with Crippen molar-refractivity contribution in [1.29, 1.82) is 0 Å². The molecule has 0 heterocycles. The summed E-state index contributed by atoms with van der Waals surface area (Å²) in [4.78, 5) is 26.5. The molecular weight excluding hydrogens is 582 g/mol. The molecule has 0 aromatic heterocycles. The number of nitrogens with one attached hydrogen (secondary N) is 1. The van der Waals surface area contributed by atoms with Gasteiger partial charge in [0.25, 0.3) is 0 Å². The third-order valence-electron chi connectivity index (χ3n) is 7.66. The monoisotopic (exact) mass is 633 g/mol. The van der Waals surface area contributed by atoms with Gasteiger partial charge in [0.2, 0.25) is 0 Å². The van der Waals surface area contributed by atoms with Crippen LogP contribution in [0.4, 0.5) is 4.79 Å². The highest BCUT2D eigenvalue weighted by molar-refractivity contribution is 6.48. The van der Waals surface area contributed by atoms with Gasteiger partial charge in [0, 0.05) is 12.5 Å². The second kappa shape index (κ2) is 15.6. The smallest absolute Gasteiger partial charge is 0.407 e. The van der Waals surface area contributed by atoms with Crippen molar-refractivity contribution in [3.63, 3.8) is 0 Å². The molecule has 8 heteroatoms. The molecule has 3 rings (SSSR count). The number of carbonyl (C=O) groups excluding carboxylic acids is 1. The zero-order chi connectivity index (χ0) is 33.3. The molecule has 1 amide bonds. The number of benzene rings is 3. The van der Waals surface area contributed by atoms with Gasteiger partial charge in [0.15, 0.2) is 14.6 Å². The Morgan fingerprint density at radius 2 is 1.36 bits per heavy atom. The summed E-state index contributed by atoms with van der Waals surface area (Å²) in [5, 5.41) is 14.0. The number of hydrogen-bond donors (Lipinski definition) is 2. The van der Waals surface area contributed by atoms with Crippen LogP contribution in [0.3, 0.4) is 0 Å². The number of amides is 1. The number of hydrogen-bond acceptors (Lipinski definition) is 5. The molecule has 0 aliphatic rings. The number of aliphatic carboxylic acids is 1. The SMILES string of the molecule is C[SiH](C)OC(Cc1ccc(OCc2ccccc2)cc1)(C[C@H]([C@H](Cc1ccccc1)NC(=O)OC(C)(C)C)C(C)(C)C)C(=O)O. The largest absolute Gasteiger partial charge is 0.489 e. The molecule has 0 aliphatic carbocycles. The van der Waals surface area contributed by atoms with Gasteiger partial charge in [0.05, 0.1) is 0 Å². The highest BCUT2D eigenvalue weighted by Gasteiger charge is 2.47. The molecule has 1 unspecified atom stereocenters. The zero-order valence-electron chi connectivity index (χ0n) is 28.1. The van der Waals surface area contributed by atoms with Crippen molar-refractivity contribution in [1.82, 2.24) is 5.32 Å². The summed E-state index contributed by atoms with van der Waals surface area (Å²) < 4.78 is 18.1. The van der Waals surface area contributed by atoms with Crippen LogP contribution in [-0.4, -0.2) is 43.5 Å². The minimum absolute atomic E-state index is 0.184. The molecule has 3 aromatic rings. The molecule has 45 heavy (non-hydrogen) atoms. The third-order valence-corrected chi connectivity index (χ3v) is 8.58. The van der Waals surface area contributed by atoms with Crippen LogP contribution >= 0.6 is 0 Å². The van der Waals surface area contributed by atoms with Crippen LogP contribution in [0.5, 0.6) is 5.75 Å². The Labute approximate surface area is 271 Å². The maximum atomic E-state index is 13.3. The van der Waals surface area contributed by atoms with E-state index in [1.165, 1.54) is 0 Å². The van der Waals surface area contributed by atoms with Crippen molar-refractivity contribution in [3.8, 4) is 5.75 Å². The Morgan fingerprint density at radius 3 is 1.84 bits per heavy atom. The van der Waals surface area contributed by atoms with Crippen molar-refractivity contribution in [2.24, 2.45) is 11.3 Å². The van der Waals surface area contributed by atoms with Crippen molar-refractivity contribution >= 4 is 21.1 Å². The topological polar surface area (TPSA) is 94.1 Å². The fourth-order valence-electron chi connectivity index (χ4n) is 5.63. The molecule has 0 bridgehead atoms. The predicted octanol–water partition coefficient (Wildman–Crippen LogP) is 7.82. The molecule has 0 fully saturated rings. The van der Waals surface area contributed by atoms with Crippen LogP contribution in [0.1, 0.15) is 64.7 Å². The number of carbonyl (C=O) groups is 2. The fourth-order valence-corrected chi connectivity index (χ4v) is 6.81. The first-order valence-corrected chi connectivity index (χ1v) is 18.5. The van der Waals surface area contributed by atoms with Crippen LogP contribution in [0.2, 0.25) is 13.1 Å². The molecule has 2 N–H and O–H groups in total. The average Bonchev–Trinajstić information content (AvgIpc) is 2.94. The van der Waals surface area contributed by atoms with Crippen molar-refractivity contribution in [2.75, 3.05) is 0 Å². The van der Waals surface area contributed by atoms with Gasteiger partial charge in [0.1, 0.15) is 18.0 Å². The summed E-state index contributed by atoms with van der Waals surface area (Å²) in [7, 11) is -1.84. The third kappa shape index (κ3) is 11.7. The van der Waals surface area contributed by atoms with Gasteiger partial charge in [-0.2, -0.15) is 0 Å². The van der Waals surface area contributed by atoms with E-state index in [-0.39, 0.29) is 24.2 Å². The number of ether oxygens (including phenoxy) is 2. The molecule has 244 valence electrons. The van der Waals surface area contributed by atoms with Crippen LogP contribution in [0.25, 0.3) is 0 Å². The Kier molecular flexibility index (Phi) is 12.4. The lowest BCUT2D eigenvalue weighted by atomic mass is 9.68. The van der Waals surface area contributed by atoms with Gasteiger partial charge in [-0.1, -0.05) is 93.6 Å². The number of rotatable bonds is 14. The number of alkyl carbamates (subject to hydrolysis) is 1. The molecule has 3 aromatic carbocycles. The average molecular weight is 634 g/mol. The molecule has 0 aliphatic heterocycles. The van der Waals surface area contributed by atoms with Gasteiger partial charge >= 0.3 is 12.1 Å². The first-order valence-electron chi connectivity index (χ1n) is 15.8. The molecule has 0 saturated heterocycles. The molecular formula is C37H51NO6Si. The van der Waals surface area contributed by atoms with Crippen LogP contribution < -0.4 is 10.1 Å². The fraction of sp³-hybridized carbons (Fsp3) is 0.459. The van der Waals surface area contributed by atoms with Gasteiger partial charge in [-0.3, -0.25) is 0 Å². The minimum atomic E-state index is -1.84. The minimum Gasteiger partial charge on any atom is -0.489 e. The van der Waals surface area contributed by atoms with Crippen molar-refractivity contribution < 1.29 is 28.6 Å². The van der Waals surface area contributed by atoms with E-state index in [2.05, 4.69) is 26.1 Å². The van der Waals surface area contributed by atoms with Crippen molar-refractivity contribution in [3.05, 3.63) is 102 Å². The van der Waals surface area contributed by atoms with E-state index >= 15 is 0 Å². The Bertz CT molecular complexity index is 1350. The standard InChI is InChI=1S/C37H51NO6Si/c1-35(2,3)31(32(23-27-15-11-9-12-16-27)38-34(41)43-36(4,5)6)25-37(33(39)40,44-45(7)8)24-28-19-21-30(22-20-28)42-26-29-17-13-10-14-18-29/h9-22,31-32,45H,23-26H2,1-8H3,(H,38,41)(H,39,40)/t31-,32+,37?/m1/s1. The lowest BCUT2D eigenvalue weighted by Gasteiger charge is -2.43. The second-order valence-corrected chi connectivity index (χ2v) is 16.5. The van der Waals surface area contributed by atoms with Gasteiger partial charge in [-0.25, -0.2) is 9.59 Å². The predicted molar refractivity (Wildman–Crippen MR) is 182 cm³/mol. The Morgan fingerprint density at radius 1 is 0.800 bits per heavy atom. The zero-order valence-corrected chi connectivity index (χ0v) is 29.3. The van der Waals surface area contributed by atoms with Crippen LogP contribution in [0.15, 0.2) is 84.9 Å². The van der Waals surface area contributed by atoms with E-state index in [4.69, 9.17) is 13.9 Å². The highest BCUT2D eigenvalue weighted by Crippen LogP contribution is 2.40. The second-order valence-electron chi connectivity index (χ2n) is 14.2. The van der Waals surface area contributed by atoms with Gasteiger partial charge in [-0.05, 0) is 86.9 Å². The highest BCUT2D eigenvalue weighted by atomic mass is 28.3. The lowest BCUT2D eigenvalue weighted by molar-refractivity contribution is -0.158. The Hall–Kier alpha value is -3.62. The van der Waals surface area contributed by atoms with E-state index in [0.29, 0.717) is 18.8 Å². The molecule has 0 saturated carbocycles. The lowest BCUT2D eigenvalue weighted by Crippen LogP contribution is -2.54. The maximum absolute atomic E-state index is 13.3. The number of carboxylic acid groups (broad SMARTS) is 1. The number of carboxylic acids is 1. The van der Waals surface area contributed by atoms with E-state index in [0.717, 1.165) is 16.7 Å². The summed E-state index contributed by atoms with van der Waals surface area (Å²) in [5.41, 5.74) is 0.402. The van der Waals surface area contributed by atoms with E-state index in [1.54, 1.807) is 0 Å². The summed E-state index contributed by atoms with van der Waals surface area (Å²) in [6.07, 6.45) is 0.383. The van der Waals surface area contributed by atoms with Crippen LogP contribution in [0, 0.1) is 11.3 Å². The van der Waals surface area contributed by atoms with E-state index in [9.17, 15) is 14.7 Å². The molecule has 0 spiro atoms.